The van der Waals surface area contributed by atoms with Crippen LogP contribution in [0, 0.1) is 0 Å². The summed E-state index contributed by atoms with van der Waals surface area (Å²) in [7, 11) is 0. The Labute approximate surface area is 168 Å². The van der Waals surface area contributed by atoms with Crippen molar-refractivity contribution in [2.45, 2.75) is 83.8 Å². The normalized spacial score (nSPS) is 17.1. The van der Waals surface area contributed by atoms with E-state index < -0.39 is 11.2 Å². The van der Waals surface area contributed by atoms with E-state index in [9.17, 15) is 14.4 Å². The fraction of sp³-hybridized carbons (Fsp3) is 0.650. The molecule has 1 aliphatic carbocycles. The van der Waals surface area contributed by atoms with Crippen LogP contribution in [0.3, 0.4) is 0 Å². The molecule has 0 radical (unpaired) electrons. The standard InChI is InChI=1S/C20H27N5O4/c1-2-16-22-18(23-29-16)17-14-10-6-7-11-24(14)20(28)25(19(17)27)12-15(26)21-13-8-4-3-5-9-13/h13H,2-12H2,1H3,(H,21,26). The summed E-state index contributed by atoms with van der Waals surface area (Å²) in [5.41, 5.74) is -0.0475. The number of carbonyl (C=O) groups is 1. The van der Waals surface area contributed by atoms with Crippen LogP contribution in [0.4, 0.5) is 0 Å². The van der Waals surface area contributed by atoms with E-state index in [0.717, 1.165) is 43.1 Å². The molecule has 0 aromatic carbocycles. The smallest absolute Gasteiger partial charge is 0.331 e. The summed E-state index contributed by atoms with van der Waals surface area (Å²) in [4.78, 5) is 43.1. The Morgan fingerprint density at radius 3 is 2.69 bits per heavy atom. The van der Waals surface area contributed by atoms with Gasteiger partial charge in [0, 0.05) is 24.7 Å². The minimum absolute atomic E-state index is 0.121. The maximum atomic E-state index is 13.2. The largest absolute Gasteiger partial charge is 0.352 e. The number of amides is 1. The van der Waals surface area contributed by atoms with Crippen molar-refractivity contribution in [3.63, 3.8) is 0 Å². The summed E-state index contributed by atoms with van der Waals surface area (Å²) in [6.45, 7) is 2.11. The predicted molar refractivity (Wildman–Crippen MR) is 106 cm³/mol. The second-order valence-corrected chi connectivity index (χ2v) is 7.87. The van der Waals surface area contributed by atoms with Gasteiger partial charge in [-0.1, -0.05) is 31.3 Å². The Morgan fingerprint density at radius 2 is 1.97 bits per heavy atom. The van der Waals surface area contributed by atoms with Crippen LogP contribution in [0.2, 0.25) is 0 Å². The van der Waals surface area contributed by atoms with Gasteiger partial charge in [-0.15, -0.1) is 0 Å². The van der Waals surface area contributed by atoms with Gasteiger partial charge in [-0.3, -0.25) is 18.7 Å². The Morgan fingerprint density at radius 1 is 1.17 bits per heavy atom. The third-order valence-corrected chi connectivity index (χ3v) is 5.85. The average Bonchev–Trinajstić information content (AvgIpc) is 3.21. The summed E-state index contributed by atoms with van der Waals surface area (Å²) >= 11 is 0. The highest BCUT2D eigenvalue weighted by atomic mass is 16.5. The number of aromatic nitrogens is 4. The molecule has 0 saturated heterocycles. The molecular formula is C20H27N5O4. The van der Waals surface area contributed by atoms with E-state index in [1.807, 2.05) is 6.92 Å². The molecule has 4 rings (SSSR count). The highest BCUT2D eigenvalue weighted by molar-refractivity contribution is 5.76. The number of hydrogen-bond acceptors (Lipinski definition) is 6. The van der Waals surface area contributed by atoms with Gasteiger partial charge in [0.1, 0.15) is 12.1 Å². The Kier molecular flexibility index (Phi) is 5.64. The lowest BCUT2D eigenvalue weighted by Gasteiger charge is -2.24. The van der Waals surface area contributed by atoms with Crippen LogP contribution in [0.1, 0.15) is 63.5 Å². The molecule has 0 unspecified atom stereocenters. The van der Waals surface area contributed by atoms with Crippen molar-refractivity contribution in [1.82, 2.24) is 24.6 Å². The summed E-state index contributed by atoms with van der Waals surface area (Å²) in [5, 5.41) is 6.93. The third-order valence-electron chi connectivity index (χ3n) is 5.85. The van der Waals surface area contributed by atoms with Gasteiger partial charge in [0.15, 0.2) is 0 Å². The fourth-order valence-electron chi connectivity index (χ4n) is 4.32. The summed E-state index contributed by atoms with van der Waals surface area (Å²) in [6, 6.07) is 0.121. The molecule has 29 heavy (non-hydrogen) atoms. The molecule has 1 aliphatic heterocycles. The molecule has 1 N–H and O–H groups in total. The maximum Gasteiger partial charge on any atom is 0.331 e. The topological polar surface area (TPSA) is 112 Å². The molecule has 2 aromatic rings. The van der Waals surface area contributed by atoms with Crippen molar-refractivity contribution in [1.29, 1.82) is 0 Å². The lowest BCUT2D eigenvalue weighted by Crippen LogP contribution is -2.48. The summed E-state index contributed by atoms with van der Waals surface area (Å²) in [6.07, 6.45) is 8.15. The molecule has 1 fully saturated rings. The van der Waals surface area contributed by atoms with Crippen molar-refractivity contribution in [3.8, 4) is 11.4 Å². The second kappa shape index (κ2) is 8.34. The zero-order chi connectivity index (χ0) is 20.4. The van der Waals surface area contributed by atoms with Gasteiger partial charge < -0.3 is 9.84 Å². The molecule has 3 heterocycles. The lowest BCUT2D eigenvalue weighted by atomic mass is 9.95. The van der Waals surface area contributed by atoms with Crippen molar-refractivity contribution >= 4 is 5.91 Å². The minimum Gasteiger partial charge on any atom is -0.352 e. The van der Waals surface area contributed by atoms with Crippen LogP contribution in [0.25, 0.3) is 11.4 Å². The molecule has 0 bridgehead atoms. The van der Waals surface area contributed by atoms with Gasteiger partial charge in [-0.25, -0.2) is 4.79 Å². The van der Waals surface area contributed by atoms with E-state index in [0.29, 0.717) is 31.0 Å². The van der Waals surface area contributed by atoms with Crippen LogP contribution >= 0.6 is 0 Å². The van der Waals surface area contributed by atoms with Gasteiger partial charge >= 0.3 is 5.69 Å². The van der Waals surface area contributed by atoms with Crippen molar-refractivity contribution in [2.75, 3.05) is 0 Å². The first-order valence-electron chi connectivity index (χ1n) is 10.6. The van der Waals surface area contributed by atoms with Crippen LogP contribution in [0.15, 0.2) is 14.1 Å². The fourth-order valence-corrected chi connectivity index (χ4v) is 4.32. The Balaban J connectivity index is 1.71. The maximum absolute atomic E-state index is 13.2. The van der Waals surface area contributed by atoms with E-state index in [2.05, 4.69) is 15.5 Å². The van der Waals surface area contributed by atoms with E-state index in [1.54, 1.807) is 4.57 Å². The van der Waals surface area contributed by atoms with E-state index in [4.69, 9.17) is 4.52 Å². The zero-order valence-corrected chi connectivity index (χ0v) is 16.8. The predicted octanol–water partition coefficient (Wildman–Crippen LogP) is 1.41. The van der Waals surface area contributed by atoms with Crippen LogP contribution < -0.4 is 16.6 Å². The molecule has 9 heteroatoms. The molecule has 1 saturated carbocycles. The molecule has 2 aromatic heterocycles. The van der Waals surface area contributed by atoms with Gasteiger partial charge in [0.25, 0.3) is 5.56 Å². The molecule has 1 amide bonds. The molecule has 0 spiro atoms. The monoisotopic (exact) mass is 401 g/mol. The van der Waals surface area contributed by atoms with Crippen molar-refractivity contribution in [3.05, 3.63) is 32.4 Å². The van der Waals surface area contributed by atoms with Crippen LogP contribution in [-0.2, 0) is 30.7 Å². The average molecular weight is 401 g/mol. The SMILES string of the molecule is CCc1nc(-c2c3n(c(=O)n(CC(=O)NC4CCCCC4)c2=O)CCCC3)no1. The summed E-state index contributed by atoms with van der Waals surface area (Å²) in [5.74, 6) is 0.321. The molecule has 9 nitrogen and oxygen atoms in total. The number of hydrogen-bond donors (Lipinski definition) is 1. The van der Waals surface area contributed by atoms with E-state index in [1.165, 1.54) is 6.42 Å². The third kappa shape index (κ3) is 3.90. The Hall–Kier alpha value is -2.71. The Bertz CT molecular complexity index is 1010. The number of aryl methyl sites for hydroxylation is 1. The van der Waals surface area contributed by atoms with Crippen LogP contribution in [-0.4, -0.2) is 31.2 Å². The number of carbonyl (C=O) groups excluding carboxylic acids is 1. The van der Waals surface area contributed by atoms with Gasteiger partial charge in [0.2, 0.25) is 17.6 Å². The van der Waals surface area contributed by atoms with E-state index >= 15 is 0 Å². The second-order valence-electron chi connectivity index (χ2n) is 7.87. The number of nitrogens with zero attached hydrogens (tertiary/aromatic N) is 4. The lowest BCUT2D eigenvalue weighted by molar-refractivity contribution is -0.122. The van der Waals surface area contributed by atoms with Gasteiger partial charge in [-0.05, 0) is 32.1 Å². The zero-order valence-electron chi connectivity index (χ0n) is 16.8. The first-order chi connectivity index (χ1) is 14.1. The molecule has 0 atom stereocenters. The number of nitrogens with one attached hydrogen (secondary N) is 1. The van der Waals surface area contributed by atoms with E-state index in [-0.39, 0.29) is 29.9 Å². The number of rotatable bonds is 5. The van der Waals surface area contributed by atoms with Crippen LogP contribution in [0.5, 0.6) is 0 Å². The quantitative estimate of drug-likeness (QED) is 0.811. The highest BCUT2D eigenvalue weighted by Gasteiger charge is 2.26. The molecule has 156 valence electrons. The highest BCUT2D eigenvalue weighted by Crippen LogP contribution is 2.22. The molecule has 2 aliphatic rings. The number of fused-ring (bicyclic) bond motifs is 1. The molecular weight excluding hydrogens is 374 g/mol. The van der Waals surface area contributed by atoms with Gasteiger partial charge in [-0.2, -0.15) is 4.98 Å². The summed E-state index contributed by atoms with van der Waals surface area (Å²) < 4.78 is 7.80. The first kappa shape index (κ1) is 19.6. The van der Waals surface area contributed by atoms with Crippen molar-refractivity contribution < 1.29 is 9.32 Å². The van der Waals surface area contributed by atoms with Gasteiger partial charge in [0.05, 0.1) is 0 Å². The first-order valence-corrected chi connectivity index (χ1v) is 10.6. The minimum atomic E-state index is -0.523. The van der Waals surface area contributed by atoms with Crippen molar-refractivity contribution in [2.24, 2.45) is 0 Å².